The van der Waals surface area contributed by atoms with Crippen molar-refractivity contribution < 1.29 is 18.0 Å². The third-order valence-electron chi connectivity index (χ3n) is 6.60. The van der Waals surface area contributed by atoms with Crippen molar-refractivity contribution >= 4 is 33.9 Å². The van der Waals surface area contributed by atoms with Crippen LogP contribution in [0.3, 0.4) is 0 Å². The van der Waals surface area contributed by atoms with Crippen molar-refractivity contribution in [3.05, 3.63) is 89.4 Å². The monoisotopic (exact) mass is 505 g/mol. The maximum atomic E-state index is 13.1. The Morgan fingerprint density at radius 1 is 0.919 bits per heavy atom. The van der Waals surface area contributed by atoms with Crippen LogP contribution in [0.4, 0.5) is 30.2 Å². The summed E-state index contributed by atoms with van der Waals surface area (Å²) in [5, 5.41) is 3.80. The third-order valence-corrected chi connectivity index (χ3v) is 6.60. The highest BCUT2D eigenvalue weighted by Crippen LogP contribution is 2.33. The molecule has 0 radical (unpaired) electrons. The minimum absolute atomic E-state index is 0.0251. The molecule has 1 saturated heterocycles. The average molecular weight is 506 g/mol. The number of aryl methyl sites for hydroxylation is 2. The van der Waals surface area contributed by atoms with Crippen LogP contribution in [0.2, 0.25) is 0 Å². The zero-order valence-electron chi connectivity index (χ0n) is 20.5. The second kappa shape index (κ2) is 9.72. The number of alkyl halides is 3. The van der Waals surface area contributed by atoms with Crippen LogP contribution in [-0.4, -0.2) is 47.0 Å². The van der Waals surface area contributed by atoms with Gasteiger partial charge in [0.05, 0.1) is 11.1 Å². The molecule has 6 nitrogen and oxygen atoms in total. The van der Waals surface area contributed by atoms with Gasteiger partial charge in [-0.25, -0.2) is 0 Å². The van der Waals surface area contributed by atoms with Gasteiger partial charge < -0.3 is 15.1 Å². The van der Waals surface area contributed by atoms with Crippen LogP contribution >= 0.6 is 0 Å². The lowest BCUT2D eigenvalue weighted by Gasteiger charge is -2.37. The van der Waals surface area contributed by atoms with Crippen LogP contribution in [-0.2, 0) is 6.18 Å². The number of fused-ring (bicyclic) bond motifs is 1. The van der Waals surface area contributed by atoms with Crippen molar-refractivity contribution in [2.45, 2.75) is 20.0 Å². The number of pyridine rings is 2. The third kappa shape index (κ3) is 5.21. The van der Waals surface area contributed by atoms with Gasteiger partial charge in [-0.1, -0.05) is 6.07 Å². The first kappa shape index (κ1) is 24.5. The molecule has 4 aromatic rings. The summed E-state index contributed by atoms with van der Waals surface area (Å²) in [4.78, 5) is 25.7. The molecule has 1 aliphatic heterocycles. The predicted molar refractivity (Wildman–Crippen MR) is 138 cm³/mol. The number of hydrogen-bond donors (Lipinski definition) is 1. The number of rotatable bonds is 4. The summed E-state index contributed by atoms with van der Waals surface area (Å²) in [5.41, 5.74) is 4.71. The van der Waals surface area contributed by atoms with Crippen LogP contribution in [0.5, 0.6) is 0 Å². The zero-order chi connectivity index (χ0) is 26.2. The molecule has 5 rings (SSSR count). The van der Waals surface area contributed by atoms with Crippen LogP contribution in [0, 0.1) is 13.8 Å². The Balaban J connectivity index is 1.25. The van der Waals surface area contributed by atoms with Crippen molar-refractivity contribution in [3.8, 4) is 0 Å². The van der Waals surface area contributed by atoms with E-state index in [0.717, 1.165) is 47.9 Å². The van der Waals surface area contributed by atoms with E-state index in [2.05, 4.69) is 26.3 Å². The number of halogens is 3. The molecule has 3 heterocycles. The van der Waals surface area contributed by atoms with Crippen molar-refractivity contribution in [1.29, 1.82) is 0 Å². The fourth-order valence-electron chi connectivity index (χ4n) is 4.57. The standard InChI is InChI=1S/C28H26F3N5O/c1-18-17-33-19(2)15-26(18)35-11-13-36(14-12-35)27(37)20-3-6-22(7-4-20)34-24-9-10-32-25-16-21(28(29,30)31)5-8-23(24)25/h3-10,15-17H,11-14H2,1-2H3,(H,32,34). The van der Waals surface area contributed by atoms with Crippen LogP contribution in [0.25, 0.3) is 10.9 Å². The van der Waals surface area contributed by atoms with Gasteiger partial charge in [-0.05, 0) is 67.9 Å². The van der Waals surface area contributed by atoms with E-state index in [1.807, 2.05) is 24.9 Å². The summed E-state index contributed by atoms with van der Waals surface area (Å²) in [6.45, 7) is 6.78. The van der Waals surface area contributed by atoms with E-state index in [-0.39, 0.29) is 11.4 Å². The summed E-state index contributed by atoms with van der Waals surface area (Å²) >= 11 is 0. The number of hydrogen-bond acceptors (Lipinski definition) is 5. The van der Waals surface area contributed by atoms with Crippen molar-refractivity contribution in [2.24, 2.45) is 0 Å². The number of nitrogens with zero attached hydrogens (tertiary/aromatic N) is 4. The van der Waals surface area contributed by atoms with Gasteiger partial charge in [0.15, 0.2) is 0 Å². The van der Waals surface area contributed by atoms with Crippen LogP contribution in [0.1, 0.15) is 27.2 Å². The number of amides is 1. The Labute approximate surface area is 212 Å². The van der Waals surface area contributed by atoms with E-state index in [1.165, 1.54) is 12.3 Å². The molecule has 0 bridgehead atoms. The zero-order valence-corrected chi connectivity index (χ0v) is 20.5. The molecule has 0 unspecified atom stereocenters. The molecule has 1 N–H and O–H groups in total. The van der Waals surface area contributed by atoms with Crippen LogP contribution in [0.15, 0.2) is 67.0 Å². The molecule has 0 spiro atoms. The Hall–Kier alpha value is -4.14. The number of carbonyl (C=O) groups is 1. The average Bonchev–Trinajstić information content (AvgIpc) is 2.89. The first-order valence-electron chi connectivity index (χ1n) is 12.0. The Kier molecular flexibility index (Phi) is 6.45. The summed E-state index contributed by atoms with van der Waals surface area (Å²) < 4.78 is 39.1. The van der Waals surface area contributed by atoms with E-state index in [0.29, 0.717) is 29.7 Å². The fraction of sp³-hybridized carbons (Fsp3) is 0.250. The maximum absolute atomic E-state index is 13.1. The van der Waals surface area contributed by atoms with Crippen molar-refractivity contribution in [3.63, 3.8) is 0 Å². The smallest absolute Gasteiger partial charge is 0.368 e. The van der Waals surface area contributed by atoms with Crippen LogP contribution < -0.4 is 10.2 Å². The normalized spacial score (nSPS) is 14.2. The number of benzene rings is 2. The molecule has 1 amide bonds. The van der Waals surface area contributed by atoms with Gasteiger partial charge in [0.1, 0.15) is 0 Å². The van der Waals surface area contributed by atoms with Crippen molar-refractivity contribution in [2.75, 3.05) is 36.4 Å². The molecule has 0 aliphatic carbocycles. The van der Waals surface area contributed by atoms with Gasteiger partial charge in [0.2, 0.25) is 0 Å². The molecule has 0 saturated carbocycles. The molecule has 37 heavy (non-hydrogen) atoms. The number of aromatic nitrogens is 2. The Morgan fingerprint density at radius 3 is 2.35 bits per heavy atom. The lowest BCUT2D eigenvalue weighted by molar-refractivity contribution is -0.137. The summed E-state index contributed by atoms with van der Waals surface area (Å²) in [7, 11) is 0. The molecule has 0 atom stereocenters. The molecule has 9 heteroatoms. The molecular weight excluding hydrogens is 479 g/mol. The maximum Gasteiger partial charge on any atom is 0.416 e. The summed E-state index contributed by atoms with van der Waals surface area (Å²) in [6, 6.07) is 14.4. The predicted octanol–water partition coefficient (Wildman–Crippen LogP) is 5.97. The van der Waals surface area contributed by atoms with Gasteiger partial charge in [-0.2, -0.15) is 13.2 Å². The molecule has 1 aliphatic rings. The highest BCUT2D eigenvalue weighted by molar-refractivity contribution is 5.96. The molecular formula is C28H26F3N5O. The second-order valence-corrected chi connectivity index (χ2v) is 9.18. The van der Waals surface area contributed by atoms with Gasteiger partial charge in [0.25, 0.3) is 5.91 Å². The van der Waals surface area contributed by atoms with Crippen molar-refractivity contribution in [1.82, 2.24) is 14.9 Å². The first-order chi connectivity index (χ1) is 17.7. The van der Waals surface area contributed by atoms with E-state index in [9.17, 15) is 18.0 Å². The lowest BCUT2D eigenvalue weighted by Crippen LogP contribution is -2.49. The topological polar surface area (TPSA) is 61.4 Å². The van der Waals surface area contributed by atoms with Gasteiger partial charge >= 0.3 is 6.18 Å². The Morgan fingerprint density at radius 2 is 1.65 bits per heavy atom. The molecule has 1 fully saturated rings. The molecule has 190 valence electrons. The van der Waals surface area contributed by atoms with Gasteiger partial charge in [-0.15, -0.1) is 0 Å². The van der Waals surface area contributed by atoms with E-state index >= 15 is 0 Å². The van der Waals surface area contributed by atoms with E-state index in [4.69, 9.17) is 0 Å². The Bertz CT molecular complexity index is 1440. The first-order valence-corrected chi connectivity index (χ1v) is 12.0. The summed E-state index contributed by atoms with van der Waals surface area (Å²) in [6.07, 6.45) is -1.07. The van der Waals surface area contributed by atoms with E-state index < -0.39 is 11.7 Å². The minimum atomic E-state index is -4.43. The van der Waals surface area contributed by atoms with Gasteiger partial charge in [-0.3, -0.25) is 14.8 Å². The highest BCUT2D eigenvalue weighted by atomic mass is 19.4. The minimum Gasteiger partial charge on any atom is -0.368 e. The number of anilines is 3. The second-order valence-electron chi connectivity index (χ2n) is 9.18. The summed E-state index contributed by atoms with van der Waals surface area (Å²) in [5.74, 6) is -0.0251. The number of nitrogens with one attached hydrogen (secondary N) is 1. The highest BCUT2D eigenvalue weighted by Gasteiger charge is 2.30. The van der Waals surface area contributed by atoms with E-state index in [1.54, 1.807) is 30.3 Å². The quantitative estimate of drug-likeness (QED) is 0.370. The molecule has 2 aromatic carbocycles. The molecule has 2 aromatic heterocycles. The SMILES string of the molecule is Cc1cc(N2CCN(C(=O)c3ccc(Nc4ccnc5cc(C(F)(F)F)ccc45)cc3)CC2)c(C)cn1. The number of carbonyl (C=O) groups excluding carboxylic acids is 1. The largest absolute Gasteiger partial charge is 0.416 e. The lowest BCUT2D eigenvalue weighted by atomic mass is 10.1. The fourth-order valence-corrected chi connectivity index (χ4v) is 4.57. The number of piperazine rings is 1. The van der Waals surface area contributed by atoms with Gasteiger partial charge in [0, 0.05) is 72.3 Å².